The molecule has 0 spiro atoms. The van der Waals surface area contributed by atoms with Crippen LogP contribution in [0.25, 0.3) is 0 Å². The first-order valence-corrected chi connectivity index (χ1v) is 10.9. The summed E-state index contributed by atoms with van der Waals surface area (Å²) in [4.78, 5) is 29.0. The van der Waals surface area contributed by atoms with Crippen LogP contribution >= 0.6 is 0 Å². The number of piperidine rings is 1. The molecular formula is C23H34N4O2. The lowest BCUT2D eigenvalue weighted by molar-refractivity contribution is -0.119. The summed E-state index contributed by atoms with van der Waals surface area (Å²) in [5.74, 6) is 0.0811. The number of carbonyl (C=O) groups excluding carboxylic acids is 2. The van der Waals surface area contributed by atoms with E-state index in [0.29, 0.717) is 19.1 Å². The van der Waals surface area contributed by atoms with E-state index in [9.17, 15) is 9.59 Å². The van der Waals surface area contributed by atoms with Gasteiger partial charge in [-0.1, -0.05) is 43.5 Å². The van der Waals surface area contributed by atoms with E-state index in [2.05, 4.69) is 22.1 Å². The van der Waals surface area contributed by atoms with E-state index in [1.165, 1.54) is 19.3 Å². The molecule has 0 radical (unpaired) electrons. The van der Waals surface area contributed by atoms with Crippen molar-refractivity contribution in [2.24, 2.45) is 0 Å². The van der Waals surface area contributed by atoms with Gasteiger partial charge in [0.15, 0.2) is 0 Å². The quantitative estimate of drug-likeness (QED) is 0.693. The second-order valence-electron chi connectivity index (χ2n) is 8.13. The third-order valence-corrected chi connectivity index (χ3v) is 5.90. The molecule has 29 heavy (non-hydrogen) atoms. The lowest BCUT2D eigenvalue weighted by Crippen LogP contribution is -2.51. The number of rotatable bonds is 7. The maximum Gasteiger partial charge on any atom is 0.315 e. The molecule has 2 aliphatic rings. The van der Waals surface area contributed by atoms with Crippen LogP contribution in [0.5, 0.6) is 0 Å². The molecule has 1 saturated heterocycles. The second-order valence-corrected chi connectivity index (χ2v) is 8.13. The number of amides is 3. The molecule has 0 bridgehead atoms. The number of urea groups is 1. The molecule has 1 aliphatic carbocycles. The maximum absolute atomic E-state index is 12.8. The van der Waals surface area contributed by atoms with Gasteiger partial charge in [-0.25, -0.2) is 4.79 Å². The minimum Gasteiger partial charge on any atom is -0.335 e. The molecule has 158 valence electrons. The molecule has 1 aliphatic heterocycles. The molecule has 0 unspecified atom stereocenters. The summed E-state index contributed by atoms with van der Waals surface area (Å²) in [5, 5.41) is 6.25. The Balaban J connectivity index is 1.42. The van der Waals surface area contributed by atoms with Crippen molar-refractivity contribution in [3.63, 3.8) is 0 Å². The van der Waals surface area contributed by atoms with Crippen LogP contribution in [0.3, 0.4) is 0 Å². The number of hydrogen-bond donors (Lipinski definition) is 2. The molecule has 3 amide bonds. The van der Waals surface area contributed by atoms with Crippen molar-refractivity contribution >= 4 is 17.6 Å². The number of carbonyl (C=O) groups is 2. The summed E-state index contributed by atoms with van der Waals surface area (Å²) in [5.41, 5.74) is 0.897. The van der Waals surface area contributed by atoms with Crippen molar-refractivity contribution in [1.82, 2.24) is 15.5 Å². The normalized spacial score (nSPS) is 18.8. The SMILES string of the molecule is C=CCN(C(=O)CN1CCC(NC(=O)NC2CCCCC2)CC1)c1ccccc1. The van der Waals surface area contributed by atoms with E-state index >= 15 is 0 Å². The van der Waals surface area contributed by atoms with Crippen molar-refractivity contribution in [2.45, 2.75) is 57.0 Å². The first-order valence-electron chi connectivity index (χ1n) is 10.9. The van der Waals surface area contributed by atoms with Crippen LogP contribution in [0.2, 0.25) is 0 Å². The van der Waals surface area contributed by atoms with E-state index in [1.807, 2.05) is 30.3 Å². The van der Waals surface area contributed by atoms with Crippen LogP contribution in [-0.2, 0) is 4.79 Å². The minimum atomic E-state index is -0.0346. The highest BCUT2D eigenvalue weighted by Gasteiger charge is 2.25. The highest BCUT2D eigenvalue weighted by Crippen LogP contribution is 2.18. The van der Waals surface area contributed by atoms with Gasteiger partial charge in [0.25, 0.3) is 0 Å². The van der Waals surface area contributed by atoms with Crippen molar-refractivity contribution in [3.05, 3.63) is 43.0 Å². The summed E-state index contributed by atoms with van der Waals surface area (Å²) < 4.78 is 0. The summed E-state index contributed by atoms with van der Waals surface area (Å²) in [6, 6.07) is 10.2. The number of para-hydroxylation sites is 1. The van der Waals surface area contributed by atoms with E-state index in [1.54, 1.807) is 11.0 Å². The number of nitrogens with one attached hydrogen (secondary N) is 2. The molecule has 2 fully saturated rings. The number of benzene rings is 1. The van der Waals surface area contributed by atoms with Crippen LogP contribution in [0.15, 0.2) is 43.0 Å². The highest BCUT2D eigenvalue weighted by molar-refractivity contribution is 5.95. The Morgan fingerprint density at radius 3 is 2.24 bits per heavy atom. The lowest BCUT2D eigenvalue weighted by atomic mass is 9.96. The predicted molar refractivity (Wildman–Crippen MR) is 117 cm³/mol. The molecule has 1 aromatic carbocycles. The Bertz CT molecular complexity index is 665. The molecule has 1 heterocycles. The third kappa shape index (κ3) is 6.60. The van der Waals surface area contributed by atoms with Crippen molar-refractivity contribution < 1.29 is 9.59 Å². The fraction of sp³-hybridized carbons (Fsp3) is 0.565. The zero-order chi connectivity index (χ0) is 20.5. The first-order chi connectivity index (χ1) is 14.2. The fourth-order valence-corrected chi connectivity index (χ4v) is 4.26. The van der Waals surface area contributed by atoms with E-state index < -0.39 is 0 Å². The van der Waals surface area contributed by atoms with Gasteiger partial charge in [-0.3, -0.25) is 9.69 Å². The van der Waals surface area contributed by atoms with E-state index in [4.69, 9.17) is 0 Å². The van der Waals surface area contributed by atoms with Gasteiger partial charge in [0, 0.05) is 37.4 Å². The summed E-state index contributed by atoms with van der Waals surface area (Å²) >= 11 is 0. The lowest BCUT2D eigenvalue weighted by Gasteiger charge is -2.33. The zero-order valence-corrected chi connectivity index (χ0v) is 17.3. The number of hydrogen-bond acceptors (Lipinski definition) is 3. The van der Waals surface area contributed by atoms with Crippen molar-refractivity contribution in [1.29, 1.82) is 0 Å². The van der Waals surface area contributed by atoms with Gasteiger partial charge in [0.05, 0.1) is 6.54 Å². The Morgan fingerprint density at radius 2 is 1.62 bits per heavy atom. The summed E-state index contributed by atoms with van der Waals surface area (Å²) in [6.07, 6.45) is 9.40. The second kappa shape index (κ2) is 11.0. The minimum absolute atomic E-state index is 0.0346. The Kier molecular flexibility index (Phi) is 8.11. The number of nitrogens with zero attached hydrogens (tertiary/aromatic N) is 2. The molecule has 1 saturated carbocycles. The number of anilines is 1. The Hall–Kier alpha value is -2.34. The molecule has 6 nitrogen and oxygen atoms in total. The van der Waals surface area contributed by atoms with Crippen molar-refractivity contribution in [3.8, 4) is 0 Å². The molecule has 1 aromatic rings. The topological polar surface area (TPSA) is 64.7 Å². The first kappa shape index (κ1) is 21.4. The van der Waals surface area contributed by atoms with Crippen LogP contribution in [0.4, 0.5) is 10.5 Å². The van der Waals surface area contributed by atoms with Gasteiger partial charge in [-0.05, 0) is 37.8 Å². The maximum atomic E-state index is 12.8. The molecule has 3 rings (SSSR count). The van der Waals surface area contributed by atoms with Gasteiger partial charge in [0.2, 0.25) is 5.91 Å². The van der Waals surface area contributed by atoms with Gasteiger partial charge >= 0.3 is 6.03 Å². The van der Waals surface area contributed by atoms with Crippen LogP contribution < -0.4 is 15.5 Å². The summed E-state index contributed by atoms with van der Waals surface area (Å²) in [7, 11) is 0. The smallest absolute Gasteiger partial charge is 0.315 e. The van der Waals surface area contributed by atoms with Gasteiger partial charge in [-0.15, -0.1) is 6.58 Å². The molecule has 2 N–H and O–H groups in total. The third-order valence-electron chi connectivity index (χ3n) is 5.90. The molecular weight excluding hydrogens is 364 g/mol. The van der Waals surface area contributed by atoms with Crippen LogP contribution in [-0.4, -0.2) is 55.1 Å². The predicted octanol–water partition coefficient (Wildman–Crippen LogP) is 3.30. The fourth-order valence-electron chi connectivity index (χ4n) is 4.26. The van der Waals surface area contributed by atoms with Gasteiger partial charge in [0.1, 0.15) is 0 Å². The largest absolute Gasteiger partial charge is 0.335 e. The monoisotopic (exact) mass is 398 g/mol. The van der Waals surface area contributed by atoms with Crippen molar-refractivity contribution in [2.75, 3.05) is 31.1 Å². The highest BCUT2D eigenvalue weighted by atomic mass is 16.2. The summed E-state index contributed by atoms with van der Waals surface area (Å²) in [6.45, 7) is 6.31. The molecule has 6 heteroatoms. The average Bonchev–Trinajstić information content (AvgIpc) is 2.74. The zero-order valence-electron chi connectivity index (χ0n) is 17.3. The molecule has 0 atom stereocenters. The average molecular weight is 399 g/mol. The van der Waals surface area contributed by atoms with E-state index in [-0.39, 0.29) is 18.0 Å². The van der Waals surface area contributed by atoms with Gasteiger partial charge < -0.3 is 15.5 Å². The standard InChI is InChI=1S/C23H34N4O2/c1-2-15-27(21-11-7-4-8-12-21)22(28)18-26-16-13-20(14-17-26)25-23(29)24-19-9-5-3-6-10-19/h2,4,7-8,11-12,19-20H,1,3,5-6,9-10,13-18H2,(H2,24,25,29). The molecule has 0 aromatic heterocycles. The Morgan fingerprint density at radius 1 is 1.00 bits per heavy atom. The van der Waals surface area contributed by atoms with Crippen LogP contribution in [0, 0.1) is 0 Å². The Labute approximate surface area is 174 Å². The number of likely N-dealkylation sites (tertiary alicyclic amines) is 1. The van der Waals surface area contributed by atoms with Crippen LogP contribution in [0.1, 0.15) is 44.9 Å². The van der Waals surface area contributed by atoms with E-state index in [0.717, 1.165) is 44.5 Å². The van der Waals surface area contributed by atoms with Gasteiger partial charge in [-0.2, -0.15) is 0 Å².